The predicted octanol–water partition coefficient (Wildman–Crippen LogP) is 2.77. The number of benzene rings is 1. The summed E-state index contributed by atoms with van der Waals surface area (Å²) in [6.07, 6.45) is 5.20. The molecule has 1 aromatic carbocycles. The van der Waals surface area contributed by atoms with Crippen molar-refractivity contribution in [3.05, 3.63) is 48.4 Å². The maximum atomic E-state index is 8.91. The summed E-state index contributed by atoms with van der Waals surface area (Å²) in [7, 11) is 0. The summed E-state index contributed by atoms with van der Waals surface area (Å²) in [6.45, 7) is 2.55. The van der Waals surface area contributed by atoms with Gasteiger partial charge in [0, 0.05) is 18.9 Å². The van der Waals surface area contributed by atoms with E-state index in [9.17, 15) is 0 Å². The highest BCUT2D eigenvalue weighted by atomic mass is 16.5. The molecular formula is C15H16N4O. The first-order valence-corrected chi connectivity index (χ1v) is 6.47. The predicted molar refractivity (Wildman–Crippen MR) is 76.1 cm³/mol. The van der Waals surface area contributed by atoms with Crippen LogP contribution >= 0.6 is 0 Å². The average molecular weight is 268 g/mol. The fraction of sp³-hybridized carbons (Fsp3) is 0.267. The first-order valence-electron chi connectivity index (χ1n) is 6.47. The van der Waals surface area contributed by atoms with E-state index in [1.807, 2.05) is 31.2 Å². The molecule has 2 rings (SSSR count). The molecule has 20 heavy (non-hydrogen) atoms. The van der Waals surface area contributed by atoms with Gasteiger partial charge in [0.2, 0.25) is 0 Å². The van der Waals surface area contributed by atoms with Gasteiger partial charge in [0.25, 0.3) is 0 Å². The molecule has 5 heteroatoms. The molecule has 0 fully saturated rings. The van der Waals surface area contributed by atoms with Crippen LogP contribution < -0.4 is 10.1 Å². The Morgan fingerprint density at radius 2 is 2.30 bits per heavy atom. The summed E-state index contributed by atoms with van der Waals surface area (Å²) >= 11 is 0. The third-order valence-corrected chi connectivity index (χ3v) is 2.73. The second-order valence-electron chi connectivity index (χ2n) is 4.24. The average Bonchev–Trinajstić information content (AvgIpc) is 2.52. The van der Waals surface area contributed by atoms with Crippen molar-refractivity contribution >= 4 is 5.82 Å². The Hall–Kier alpha value is -2.61. The van der Waals surface area contributed by atoms with Gasteiger partial charge in [0.15, 0.2) is 6.10 Å². The number of rotatable bonds is 6. The van der Waals surface area contributed by atoms with Crippen molar-refractivity contribution in [3.63, 3.8) is 0 Å². The number of nitrogens with zero attached hydrogens (tertiary/aromatic N) is 3. The quantitative estimate of drug-likeness (QED) is 0.872. The van der Waals surface area contributed by atoms with E-state index in [-0.39, 0.29) is 0 Å². The van der Waals surface area contributed by atoms with Gasteiger partial charge in [0.1, 0.15) is 17.6 Å². The maximum Gasteiger partial charge on any atom is 0.184 e. The Morgan fingerprint density at radius 3 is 3.00 bits per heavy atom. The number of anilines is 1. The molecule has 0 aliphatic heterocycles. The van der Waals surface area contributed by atoms with Crippen LogP contribution in [0.1, 0.15) is 18.9 Å². The minimum Gasteiger partial charge on any atom is -0.476 e. The van der Waals surface area contributed by atoms with Crippen molar-refractivity contribution in [1.29, 1.82) is 5.26 Å². The van der Waals surface area contributed by atoms with E-state index in [1.165, 1.54) is 0 Å². The summed E-state index contributed by atoms with van der Waals surface area (Å²) in [5, 5.41) is 12.1. The van der Waals surface area contributed by atoms with Gasteiger partial charge >= 0.3 is 0 Å². The minimum atomic E-state index is -0.404. The summed E-state index contributed by atoms with van der Waals surface area (Å²) in [5.41, 5.74) is 1.06. The summed E-state index contributed by atoms with van der Waals surface area (Å²) in [6, 6.07) is 9.79. The van der Waals surface area contributed by atoms with Gasteiger partial charge in [-0.25, -0.2) is 4.98 Å². The van der Waals surface area contributed by atoms with Crippen LogP contribution in [0.25, 0.3) is 0 Å². The molecule has 5 nitrogen and oxygen atoms in total. The second kappa shape index (κ2) is 7.10. The van der Waals surface area contributed by atoms with Crippen LogP contribution in [0.15, 0.2) is 42.9 Å². The molecule has 0 bridgehead atoms. The Bertz CT molecular complexity index is 580. The normalized spacial score (nSPS) is 11.4. The second-order valence-corrected chi connectivity index (χ2v) is 4.24. The summed E-state index contributed by atoms with van der Waals surface area (Å²) in [5.74, 6) is 1.43. The first-order chi connectivity index (χ1) is 9.81. The molecular weight excluding hydrogens is 252 g/mol. The number of aromatic nitrogens is 2. The Balaban J connectivity index is 1.98. The molecule has 1 heterocycles. The maximum absolute atomic E-state index is 8.91. The zero-order valence-electron chi connectivity index (χ0n) is 11.3. The lowest BCUT2D eigenvalue weighted by molar-refractivity contribution is 0.251. The van der Waals surface area contributed by atoms with Gasteiger partial charge in [-0.1, -0.05) is 19.1 Å². The fourth-order valence-corrected chi connectivity index (χ4v) is 1.68. The van der Waals surface area contributed by atoms with Crippen LogP contribution in [-0.4, -0.2) is 16.1 Å². The van der Waals surface area contributed by atoms with Crippen LogP contribution in [0.2, 0.25) is 0 Å². The van der Waals surface area contributed by atoms with Crippen molar-refractivity contribution in [1.82, 2.24) is 9.97 Å². The first kappa shape index (κ1) is 13.8. The minimum absolute atomic E-state index is 0.404. The van der Waals surface area contributed by atoms with Crippen LogP contribution in [0, 0.1) is 11.3 Å². The van der Waals surface area contributed by atoms with Gasteiger partial charge < -0.3 is 10.1 Å². The monoisotopic (exact) mass is 268 g/mol. The van der Waals surface area contributed by atoms with Gasteiger partial charge in [0.05, 0.1) is 6.20 Å². The number of nitriles is 1. The van der Waals surface area contributed by atoms with Crippen LogP contribution in [-0.2, 0) is 6.54 Å². The fourth-order valence-electron chi connectivity index (χ4n) is 1.68. The van der Waals surface area contributed by atoms with Crippen LogP contribution in [0.3, 0.4) is 0 Å². The molecule has 0 spiro atoms. The van der Waals surface area contributed by atoms with Gasteiger partial charge in [-0.05, 0) is 24.1 Å². The molecule has 1 unspecified atom stereocenters. The van der Waals surface area contributed by atoms with Crippen molar-refractivity contribution in [2.75, 3.05) is 5.32 Å². The highest BCUT2D eigenvalue weighted by Crippen LogP contribution is 2.16. The Morgan fingerprint density at radius 1 is 1.40 bits per heavy atom. The van der Waals surface area contributed by atoms with E-state index in [2.05, 4.69) is 21.4 Å². The molecule has 0 aliphatic carbocycles. The van der Waals surface area contributed by atoms with Gasteiger partial charge in [-0.15, -0.1) is 0 Å². The topological polar surface area (TPSA) is 70.8 Å². The van der Waals surface area contributed by atoms with E-state index in [0.29, 0.717) is 18.7 Å². The standard InChI is InChI=1S/C15H16N4O/c1-2-13(9-16)20-14-5-3-4-12(8-14)10-19-15-11-17-6-7-18-15/h3-8,11,13H,2,10H2,1H3,(H,18,19). The van der Waals surface area contributed by atoms with E-state index < -0.39 is 6.10 Å². The van der Waals surface area contributed by atoms with Crippen molar-refractivity contribution in [2.24, 2.45) is 0 Å². The largest absolute Gasteiger partial charge is 0.476 e. The highest BCUT2D eigenvalue weighted by molar-refractivity contribution is 5.35. The molecule has 2 aromatic rings. The number of ether oxygens (including phenoxy) is 1. The molecule has 0 aliphatic rings. The molecule has 1 N–H and O–H groups in total. The van der Waals surface area contributed by atoms with Crippen molar-refractivity contribution in [3.8, 4) is 11.8 Å². The molecule has 0 saturated carbocycles. The summed E-state index contributed by atoms with van der Waals surface area (Å²) in [4.78, 5) is 8.13. The smallest absolute Gasteiger partial charge is 0.184 e. The lowest BCUT2D eigenvalue weighted by Gasteiger charge is -2.11. The van der Waals surface area contributed by atoms with Crippen molar-refractivity contribution < 1.29 is 4.74 Å². The Labute approximate surface area is 118 Å². The zero-order valence-corrected chi connectivity index (χ0v) is 11.3. The molecule has 0 radical (unpaired) electrons. The third kappa shape index (κ3) is 3.95. The van der Waals surface area contributed by atoms with Crippen LogP contribution in [0.5, 0.6) is 5.75 Å². The Kier molecular flexibility index (Phi) is 4.90. The number of hydrogen-bond acceptors (Lipinski definition) is 5. The van der Waals surface area contributed by atoms with Crippen LogP contribution in [0.4, 0.5) is 5.82 Å². The highest BCUT2D eigenvalue weighted by Gasteiger charge is 2.06. The molecule has 102 valence electrons. The van der Waals surface area contributed by atoms with Gasteiger partial charge in [-0.2, -0.15) is 5.26 Å². The molecule has 1 atom stereocenters. The molecule has 1 aromatic heterocycles. The zero-order chi connectivity index (χ0) is 14.2. The number of hydrogen-bond donors (Lipinski definition) is 1. The summed E-state index contributed by atoms with van der Waals surface area (Å²) < 4.78 is 5.59. The molecule has 0 saturated heterocycles. The van der Waals surface area contributed by atoms with Gasteiger partial charge in [-0.3, -0.25) is 4.98 Å². The SMILES string of the molecule is CCC(C#N)Oc1cccc(CNc2cnccn2)c1. The molecule has 0 amide bonds. The number of nitrogens with one attached hydrogen (secondary N) is 1. The van der Waals surface area contributed by atoms with Crippen molar-refractivity contribution in [2.45, 2.75) is 26.0 Å². The van der Waals surface area contributed by atoms with E-state index >= 15 is 0 Å². The lowest BCUT2D eigenvalue weighted by Crippen LogP contribution is -2.12. The third-order valence-electron chi connectivity index (χ3n) is 2.73. The van der Waals surface area contributed by atoms with E-state index in [4.69, 9.17) is 10.00 Å². The van der Waals surface area contributed by atoms with E-state index in [0.717, 1.165) is 11.4 Å². The van der Waals surface area contributed by atoms with E-state index in [1.54, 1.807) is 18.6 Å². The lowest BCUT2D eigenvalue weighted by atomic mass is 10.2.